The van der Waals surface area contributed by atoms with Gasteiger partial charge in [0.25, 0.3) is 0 Å². The summed E-state index contributed by atoms with van der Waals surface area (Å²) in [6.45, 7) is 0. The van der Waals surface area contributed by atoms with E-state index in [1.807, 2.05) is 18.2 Å². The summed E-state index contributed by atoms with van der Waals surface area (Å²) in [5.74, 6) is 0. The van der Waals surface area contributed by atoms with Crippen LogP contribution in [0, 0.1) is 0 Å². The van der Waals surface area contributed by atoms with Crippen LogP contribution in [0.1, 0.15) is 12.8 Å². The van der Waals surface area contributed by atoms with E-state index in [4.69, 9.17) is 5.73 Å². The maximum atomic E-state index is 5.68. The average molecular weight is 199 g/mol. The summed E-state index contributed by atoms with van der Waals surface area (Å²) >= 11 is 0. The summed E-state index contributed by atoms with van der Waals surface area (Å²) in [6.07, 6.45) is 2.21. The third-order valence-electron chi connectivity index (χ3n) is 2.32. The maximum Gasteiger partial charge on any atom is 0.0342 e. The highest BCUT2D eigenvalue weighted by Gasteiger charge is 2.25. The predicted octanol–water partition coefficient (Wildman–Crippen LogP) is 2.01. The Kier molecular flexibility index (Phi) is 3.58. The van der Waals surface area contributed by atoms with Crippen LogP contribution in [0.2, 0.25) is 0 Å². The van der Waals surface area contributed by atoms with Crippen LogP contribution in [-0.4, -0.2) is 12.1 Å². The van der Waals surface area contributed by atoms with Gasteiger partial charge in [-0.15, -0.1) is 12.4 Å². The van der Waals surface area contributed by atoms with Crippen LogP contribution in [0.3, 0.4) is 0 Å². The molecule has 0 atom stereocenters. The largest absolute Gasteiger partial charge is 0.382 e. The molecular formula is C10H15ClN2. The van der Waals surface area contributed by atoms with E-state index in [-0.39, 0.29) is 12.4 Å². The van der Waals surface area contributed by atoms with Gasteiger partial charge in [-0.1, -0.05) is 18.2 Å². The fraction of sp³-hybridized carbons (Fsp3) is 0.400. The van der Waals surface area contributed by atoms with Crippen molar-refractivity contribution in [3.63, 3.8) is 0 Å². The first-order chi connectivity index (χ1) is 5.84. The summed E-state index contributed by atoms with van der Waals surface area (Å²) in [5, 5.41) is 3.43. The van der Waals surface area contributed by atoms with Crippen LogP contribution < -0.4 is 11.1 Å². The molecule has 1 aromatic carbocycles. The van der Waals surface area contributed by atoms with Gasteiger partial charge in [-0.2, -0.15) is 0 Å². The van der Waals surface area contributed by atoms with Crippen molar-refractivity contribution in [1.29, 1.82) is 0 Å². The molecule has 2 nitrogen and oxygen atoms in total. The molecule has 0 radical (unpaired) electrons. The standard InChI is InChI=1S/C10H14N2.ClH/c11-8-6-10(7-8)12-9-4-2-1-3-5-9;/h1-5,8,10,12H,6-7,11H2;1H/t8-,10+;. The molecule has 0 aliphatic heterocycles. The van der Waals surface area contributed by atoms with Crippen molar-refractivity contribution in [2.45, 2.75) is 24.9 Å². The molecule has 0 heterocycles. The lowest BCUT2D eigenvalue weighted by atomic mass is 9.87. The number of rotatable bonds is 2. The predicted molar refractivity (Wildman–Crippen MR) is 58.3 cm³/mol. The first-order valence-electron chi connectivity index (χ1n) is 4.42. The Morgan fingerprint density at radius 1 is 1.15 bits per heavy atom. The molecule has 3 heteroatoms. The number of hydrogen-bond acceptors (Lipinski definition) is 2. The Labute approximate surface area is 84.9 Å². The van der Waals surface area contributed by atoms with Gasteiger partial charge in [-0.05, 0) is 25.0 Å². The van der Waals surface area contributed by atoms with Gasteiger partial charge < -0.3 is 11.1 Å². The molecule has 0 unspecified atom stereocenters. The number of anilines is 1. The van der Waals surface area contributed by atoms with E-state index in [1.165, 1.54) is 5.69 Å². The fourth-order valence-corrected chi connectivity index (χ4v) is 1.55. The Morgan fingerprint density at radius 2 is 1.77 bits per heavy atom. The lowest BCUT2D eigenvalue weighted by Crippen LogP contribution is -2.44. The molecule has 1 aromatic rings. The van der Waals surface area contributed by atoms with Crippen molar-refractivity contribution < 1.29 is 0 Å². The van der Waals surface area contributed by atoms with Gasteiger partial charge in [0, 0.05) is 17.8 Å². The van der Waals surface area contributed by atoms with E-state index in [2.05, 4.69) is 17.4 Å². The second-order valence-electron chi connectivity index (χ2n) is 3.44. The molecule has 1 aliphatic carbocycles. The van der Waals surface area contributed by atoms with E-state index < -0.39 is 0 Å². The Balaban J connectivity index is 0.000000845. The highest BCUT2D eigenvalue weighted by molar-refractivity contribution is 5.85. The molecule has 13 heavy (non-hydrogen) atoms. The first-order valence-corrected chi connectivity index (χ1v) is 4.42. The SMILES string of the molecule is Cl.N[C@H]1C[C@@H](Nc2ccccc2)C1. The molecule has 0 saturated heterocycles. The van der Waals surface area contributed by atoms with Gasteiger partial charge in [0.05, 0.1) is 0 Å². The fourth-order valence-electron chi connectivity index (χ4n) is 1.55. The maximum absolute atomic E-state index is 5.68. The normalized spacial score (nSPS) is 25.6. The van der Waals surface area contributed by atoms with E-state index in [1.54, 1.807) is 0 Å². The van der Waals surface area contributed by atoms with Crippen LogP contribution >= 0.6 is 12.4 Å². The van der Waals surface area contributed by atoms with Crippen LogP contribution in [0.5, 0.6) is 0 Å². The number of halogens is 1. The average Bonchev–Trinajstić information content (AvgIpc) is 2.04. The number of hydrogen-bond donors (Lipinski definition) is 2. The molecule has 72 valence electrons. The van der Waals surface area contributed by atoms with E-state index in [0.717, 1.165) is 12.8 Å². The highest BCUT2D eigenvalue weighted by Crippen LogP contribution is 2.21. The third kappa shape index (κ3) is 2.61. The second kappa shape index (κ2) is 4.49. The summed E-state index contributed by atoms with van der Waals surface area (Å²) in [5.41, 5.74) is 6.89. The van der Waals surface area contributed by atoms with E-state index in [9.17, 15) is 0 Å². The van der Waals surface area contributed by atoms with E-state index in [0.29, 0.717) is 12.1 Å². The van der Waals surface area contributed by atoms with Crippen LogP contribution in [0.15, 0.2) is 30.3 Å². The van der Waals surface area contributed by atoms with Gasteiger partial charge in [0.1, 0.15) is 0 Å². The van der Waals surface area contributed by atoms with Gasteiger partial charge in [0.2, 0.25) is 0 Å². The van der Waals surface area contributed by atoms with Gasteiger partial charge in [-0.25, -0.2) is 0 Å². The number of benzene rings is 1. The molecule has 1 saturated carbocycles. The van der Waals surface area contributed by atoms with Crippen molar-refractivity contribution in [3.05, 3.63) is 30.3 Å². The van der Waals surface area contributed by atoms with Crippen molar-refractivity contribution in [3.8, 4) is 0 Å². The molecular weight excluding hydrogens is 184 g/mol. The number of para-hydroxylation sites is 1. The number of nitrogens with two attached hydrogens (primary N) is 1. The molecule has 2 rings (SSSR count). The lowest BCUT2D eigenvalue weighted by Gasteiger charge is -2.33. The molecule has 0 bridgehead atoms. The minimum absolute atomic E-state index is 0. The lowest BCUT2D eigenvalue weighted by molar-refractivity contribution is 0.373. The molecule has 0 spiro atoms. The second-order valence-corrected chi connectivity index (χ2v) is 3.44. The smallest absolute Gasteiger partial charge is 0.0342 e. The van der Waals surface area contributed by atoms with Crippen LogP contribution in [0.4, 0.5) is 5.69 Å². The van der Waals surface area contributed by atoms with Crippen molar-refractivity contribution in [1.82, 2.24) is 0 Å². The highest BCUT2D eigenvalue weighted by atomic mass is 35.5. The quantitative estimate of drug-likeness (QED) is 0.763. The molecule has 1 fully saturated rings. The van der Waals surface area contributed by atoms with Crippen molar-refractivity contribution in [2.24, 2.45) is 5.73 Å². The van der Waals surface area contributed by atoms with Crippen LogP contribution in [-0.2, 0) is 0 Å². The first kappa shape index (κ1) is 10.4. The molecule has 1 aliphatic rings. The monoisotopic (exact) mass is 198 g/mol. The molecule has 0 aromatic heterocycles. The zero-order chi connectivity index (χ0) is 8.39. The van der Waals surface area contributed by atoms with Crippen molar-refractivity contribution in [2.75, 3.05) is 5.32 Å². The number of nitrogens with one attached hydrogen (secondary N) is 1. The van der Waals surface area contributed by atoms with E-state index >= 15 is 0 Å². The third-order valence-corrected chi connectivity index (χ3v) is 2.32. The zero-order valence-corrected chi connectivity index (χ0v) is 8.26. The summed E-state index contributed by atoms with van der Waals surface area (Å²) < 4.78 is 0. The molecule has 0 amide bonds. The summed E-state index contributed by atoms with van der Waals surface area (Å²) in [6, 6.07) is 11.3. The summed E-state index contributed by atoms with van der Waals surface area (Å²) in [7, 11) is 0. The van der Waals surface area contributed by atoms with Gasteiger partial charge in [0.15, 0.2) is 0 Å². The van der Waals surface area contributed by atoms with Gasteiger partial charge in [-0.3, -0.25) is 0 Å². The van der Waals surface area contributed by atoms with Crippen molar-refractivity contribution >= 4 is 18.1 Å². The minimum Gasteiger partial charge on any atom is -0.382 e. The minimum atomic E-state index is 0. The Morgan fingerprint density at radius 3 is 2.31 bits per heavy atom. The van der Waals surface area contributed by atoms with Gasteiger partial charge >= 0.3 is 0 Å². The van der Waals surface area contributed by atoms with Crippen LogP contribution in [0.25, 0.3) is 0 Å². The zero-order valence-electron chi connectivity index (χ0n) is 7.44. The Bertz CT molecular complexity index is 244. The topological polar surface area (TPSA) is 38.0 Å². The molecule has 3 N–H and O–H groups in total. The summed E-state index contributed by atoms with van der Waals surface area (Å²) in [4.78, 5) is 0. The Hall–Kier alpha value is -0.730.